The minimum atomic E-state index is -0.0757. The van der Waals surface area contributed by atoms with Gasteiger partial charge in [0.1, 0.15) is 0 Å². The van der Waals surface area contributed by atoms with Gasteiger partial charge in [-0.15, -0.1) is 0 Å². The summed E-state index contributed by atoms with van der Waals surface area (Å²) in [7, 11) is 0. The molecule has 0 aromatic heterocycles. The third kappa shape index (κ3) is 3.03. The predicted octanol–water partition coefficient (Wildman–Crippen LogP) is 3.68. The fourth-order valence-electron chi connectivity index (χ4n) is 2.51. The van der Waals surface area contributed by atoms with Gasteiger partial charge in [-0.3, -0.25) is 0 Å². The van der Waals surface area contributed by atoms with Gasteiger partial charge >= 0.3 is 6.03 Å². The molecule has 2 rings (SSSR count). The van der Waals surface area contributed by atoms with Crippen molar-refractivity contribution in [3.63, 3.8) is 0 Å². The highest BCUT2D eigenvalue weighted by molar-refractivity contribution is 5.90. The Morgan fingerprint density at radius 1 is 1.06 bits per heavy atom. The molecule has 1 aromatic carbocycles. The third-order valence-corrected chi connectivity index (χ3v) is 3.78. The monoisotopic (exact) mass is 246 g/mol. The van der Waals surface area contributed by atoms with Gasteiger partial charge in [0.15, 0.2) is 0 Å². The molecule has 1 fully saturated rings. The smallest absolute Gasteiger partial charge is 0.319 e. The van der Waals surface area contributed by atoms with Gasteiger partial charge in [0.05, 0.1) is 0 Å². The van der Waals surface area contributed by atoms with Crippen LogP contribution in [0.1, 0.15) is 42.4 Å². The lowest BCUT2D eigenvalue weighted by molar-refractivity contribution is 0.248. The maximum absolute atomic E-state index is 11.9. The summed E-state index contributed by atoms with van der Waals surface area (Å²) in [6, 6.07) is 4.43. The molecule has 1 saturated carbocycles. The summed E-state index contributed by atoms with van der Waals surface area (Å²) in [5, 5.41) is 5.99. The maximum atomic E-state index is 11.9. The standard InChI is InChI=1S/C15H22N2O/c1-10-8-12(3)14(9-11(10)2)17-15(18)16-13-6-4-5-7-13/h8-9,13H,4-7H2,1-3H3,(H2,16,17,18). The highest BCUT2D eigenvalue weighted by atomic mass is 16.2. The minimum Gasteiger partial charge on any atom is -0.335 e. The van der Waals surface area contributed by atoms with E-state index < -0.39 is 0 Å². The van der Waals surface area contributed by atoms with Crippen molar-refractivity contribution in [1.82, 2.24) is 5.32 Å². The Bertz CT molecular complexity index is 448. The van der Waals surface area contributed by atoms with E-state index >= 15 is 0 Å². The van der Waals surface area contributed by atoms with Crippen LogP contribution in [0.5, 0.6) is 0 Å². The van der Waals surface area contributed by atoms with Crippen molar-refractivity contribution in [3.05, 3.63) is 28.8 Å². The van der Waals surface area contributed by atoms with Crippen LogP contribution >= 0.6 is 0 Å². The van der Waals surface area contributed by atoms with Crippen LogP contribution in [-0.2, 0) is 0 Å². The molecule has 0 unspecified atom stereocenters. The molecule has 0 aliphatic heterocycles. The second-order valence-electron chi connectivity index (χ2n) is 5.33. The number of carbonyl (C=O) groups excluding carboxylic acids is 1. The Morgan fingerprint density at radius 3 is 2.33 bits per heavy atom. The first-order valence-corrected chi connectivity index (χ1v) is 6.71. The minimum absolute atomic E-state index is 0.0757. The molecule has 1 aromatic rings. The zero-order valence-electron chi connectivity index (χ0n) is 11.5. The van der Waals surface area contributed by atoms with Crippen molar-refractivity contribution in [1.29, 1.82) is 0 Å². The molecule has 3 heteroatoms. The second-order valence-corrected chi connectivity index (χ2v) is 5.33. The van der Waals surface area contributed by atoms with Crippen molar-refractivity contribution >= 4 is 11.7 Å². The molecule has 0 heterocycles. The van der Waals surface area contributed by atoms with E-state index in [1.54, 1.807) is 0 Å². The van der Waals surface area contributed by atoms with Crippen molar-refractivity contribution < 1.29 is 4.79 Å². The van der Waals surface area contributed by atoms with Gasteiger partial charge in [-0.25, -0.2) is 4.79 Å². The van der Waals surface area contributed by atoms with Gasteiger partial charge in [0.25, 0.3) is 0 Å². The van der Waals surface area contributed by atoms with E-state index in [9.17, 15) is 4.79 Å². The summed E-state index contributed by atoms with van der Waals surface area (Å²) < 4.78 is 0. The summed E-state index contributed by atoms with van der Waals surface area (Å²) in [5.41, 5.74) is 4.49. The van der Waals surface area contributed by atoms with Crippen molar-refractivity contribution in [2.75, 3.05) is 5.32 Å². The summed E-state index contributed by atoms with van der Waals surface area (Å²) >= 11 is 0. The quantitative estimate of drug-likeness (QED) is 0.821. The maximum Gasteiger partial charge on any atom is 0.319 e. The normalized spacial score (nSPS) is 15.7. The summed E-state index contributed by atoms with van der Waals surface area (Å²) in [6.07, 6.45) is 4.68. The SMILES string of the molecule is Cc1cc(C)c(NC(=O)NC2CCCC2)cc1C. The number of carbonyl (C=O) groups is 1. The Balaban J connectivity index is 2.00. The first kappa shape index (κ1) is 12.9. The van der Waals surface area contributed by atoms with Gasteiger partial charge in [-0.05, 0) is 56.4 Å². The van der Waals surface area contributed by atoms with Gasteiger partial charge in [0.2, 0.25) is 0 Å². The average molecular weight is 246 g/mol. The third-order valence-electron chi connectivity index (χ3n) is 3.78. The molecule has 3 nitrogen and oxygen atoms in total. The Labute approximate surface area is 109 Å². The molecule has 0 radical (unpaired) electrons. The van der Waals surface area contributed by atoms with Crippen molar-refractivity contribution in [2.24, 2.45) is 0 Å². The lowest BCUT2D eigenvalue weighted by Crippen LogP contribution is -2.36. The number of nitrogens with one attached hydrogen (secondary N) is 2. The molecule has 0 spiro atoms. The largest absolute Gasteiger partial charge is 0.335 e. The summed E-state index contributed by atoms with van der Waals surface area (Å²) in [6.45, 7) is 6.18. The zero-order chi connectivity index (χ0) is 13.1. The number of amides is 2. The summed E-state index contributed by atoms with van der Waals surface area (Å²) in [5.74, 6) is 0. The Hall–Kier alpha value is -1.51. The number of hydrogen-bond donors (Lipinski definition) is 2. The fourth-order valence-corrected chi connectivity index (χ4v) is 2.51. The van der Waals surface area contributed by atoms with E-state index in [4.69, 9.17) is 0 Å². The van der Waals surface area contributed by atoms with E-state index in [0.717, 1.165) is 24.1 Å². The van der Waals surface area contributed by atoms with Crippen LogP contribution in [0.25, 0.3) is 0 Å². The molecule has 0 atom stereocenters. The molecule has 1 aliphatic carbocycles. The van der Waals surface area contributed by atoms with Crippen LogP contribution in [0, 0.1) is 20.8 Å². The molecule has 1 aliphatic rings. The Kier molecular flexibility index (Phi) is 3.90. The van der Waals surface area contributed by atoms with Crippen LogP contribution < -0.4 is 10.6 Å². The number of anilines is 1. The molecule has 2 amide bonds. The van der Waals surface area contributed by atoms with Gasteiger partial charge in [0, 0.05) is 11.7 Å². The van der Waals surface area contributed by atoms with E-state index in [1.165, 1.54) is 24.0 Å². The molecule has 0 bridgehead atoms. The molecule has 98 valence electrons. The molecular weight excluding hydrogens is 224 g/mol. The van der Waals surface area contributed by atoms with E-state index in [0.29, 0.717) is 6.04 Å². The number of aryl methyl sites for hydroxylation is 3. The molecule has 2 N–H and O–H groups in total. The molecule has 18 heavy (non-hydrogen) atoms. The van der Waals surface area contributed by atoms with E-state index in [1.807, 2.05) is 13.0 Å². The van der Waals surface area contributed by atoms with E-state index in [2.05, 4.69) is 30.5 Å². The zero-order valence-corrected chi connectivity index (χ0v) is 11.5. The van der Waals surface area contributed by atoms with Gasteiger partial charge in [-0.1, -0.05) is 18.9 Å². The number of urea groups is 1. The number of hydrogen-bond acceptors (Lipinski definition) is 1. The van der Waals surface area contributed by atoms with E-state index in [-0.39, 0.29) is 6.03 Å². The predicted molar refractivity (Wildman–Crippen MR) is 75.1 cm³/mol. The fraction of sp³-hybridized carbons (Fsp3) is 0.533. The molecule has 0 saturated heterocycles. The molecular formula is C15H22N2O. The first-order chi connectivity index (χ1) is 8.56. The number of benzene rings is 1. The number of rotatable bonds is 2. The van der Waals surface area contributed by atoms with Crippen molar-refractivity contribution in [2.45, 2.75) is 52.5 Å². The second kappa shape index (κ2) is 5.42. The lowest BCUT2D eigenvalue weighted by Gasteiger charge is -2.15. The van der Waals surface area contributed by atoms with Gasteiger partial charge in [-0.2, -0.15) is 0 Å². The van der Waals surface area contributed by atoms with Crippen LogP contribution in [0.4, 0.5) is 10.5 Å². The first-order valence-electron chi connectivity index (χ1n) is 6.71. The lowest BCUT2D eigenvalue weighted by atomic mass is 10.1. The van der Waals surface area contributed by atoms with Gasteiger partial charge < -0.3 is 10.6 Å². The highest BCUT2D eigenvalue weighted by Crippen LogP contribution is 2.21. The topological polar surface area (TPSA) is 41.1 Å². The Morgan fingerprint density at radius 2 is 1.67 bits per heavy atom. The van der Waals surface area contributed by atoms with Crippen LogP contribution in [-0.4, -0.2) is 12.1 Å². The average Bonchev–Trinajstić information content (AvgIpc) is 2.78. The van der Waals surface area contributed by atoms with Crippen molar-refractivity contribution in [3.8, 4) is 0 Å². The highest BCUT2D eigenvalue weighted by Gasteiger charge is 2.17. The summed E-state index contributed by atoms with van der Waals surface area (Å²) in [4.78, 5) is 11.9. The van der Waals surface area contributed by atoms with Crippen LogP contribution in [0.15, 0.2) is 12.1 Å². The van der Waals surface area contributed by atoms with Crippen LogP contribution in [0.2, 0.25) is 0 Å². The van der Waals surface area contributed by atoms with Crippen LogP contribution in [0.3, 0.4) is 0 Å².